The first kappa shape index (κ1) is 14.9. The van der Waals surface area contributed by atoms with Crippen molar-refractivity contribution < 1.29 is 4.74 Å². The normalized spacial score (nSPS) is 27.7. The minimum atomic E-state index is 0.260. The van der Waals surface area contributed by atoms with Gasteiger partial charge in [0.25, 0.3) is 0 Å². The molecule has 21 heavy (non-hydrogen) atoms. The Morgan fingerprint density at radius 3 is 2.52 bits per heavy atom. The van der Waals surface area contributed by atoms with E-state index in [1.165, 1.54) is 43.2 Å². The summed E-state index contributed by atoms with van der Waals surface area (Å²) in [7, 11) is 0. The number of nitrogens with two attached hydrogens (primary N) is 1. The van der Waals surface area contributed by atoms with E-state index in [1.807, 2.05) is 0 Å². The van der Waals surface area contributed by atoms with Gasteiger partial charge in [0.1, 0.15) is 11.9 Å². The summed E-state index contributed by atoms with van der Waals surface area (Å²) in [6.07, 6.45) is 7.85. The van der Waals surface area contributed by atoms with Crippen molar-refractivity contribution in [2.75, 3.05) is 0 Å². The molecule has 0 aromatic heterocycles. The molecule has 2 saturated carbocycles. The Balaban J connectivity index is 1.82. The second kappa shape index (κ2) is 5.64. The van der Waals surface area contributed by atoms with E-state index in [1.54, 1.807) is 0 Å². The van der Waals surface area contributed by atoms with Gasteiger partial charge in [-0.05, 0) is 42.9 Å². The third-order valence-electron chi connectivity index (χ3n) is 5.69. The lowest BCUT2D eigenvalue weighted by Crippen LogP contribution is -2.64. The van der Waals surface area contributed by atoms with Crippen LogP contribution in [0.1, 0.15) is 69.4 Å². The average Bonchev–Trinajstić information content (AvgIpc) is 2.47. The van der Waals surface area contributed by atoms with E-state index < -0.39 is 0 Å². The topological polar surface area (TPSA) is 35.2 Å². The summed E-state index contributed by atoms with van der Waals surface area (Å²) in [4.78, 5) is 0. The van der Waals surface area contributed by atoms with Crippen LogP contribution in [0.25, 0.3) is 0 Å². The summed E-state index contributed by atoms with van der Waals surface area (Å²) in [5.74, 6) is 1.59. The average molecular weight is 287 g/mol. The molecule has 2 aliphatic rings. The highest BCUT2D eigenvalue weighted by molar-refractivity contribution is 5.39. The van der Waals surface area contributed by atoms with Gasteiger partial charge in [0.2, 0.25) is 0 Å². The van der Waals surface area contributed by atoms with Gasteiger partial charge in [0.05, 0.1) is 0 Å². The summed E-state index contributed by atoms with van der Waals surface area (Å²) in [6, 6.07) is 6.96. The standard InChI is InChI=1S/C19H29NO/c1-13(2)15-8-7-14(3)11-16(15)21-18-12-17(20)19(18)9-5-4-6-10-19/h7-8,11,13,17-18H,4-6,9-10,12,20H2,1-3H3. The molecule has 0 bridgehead atoms. The van der Waals surface area contributed by atoms with Gasteiger partial charge < -0.3 is 10.5 Å². The molecule has 0 aliphatic heterocycles. The van der Waals surface area contributed by atoms with Gasteiger partial charge in [0, 0.05) is 17.9 Å². The SMILES string of the molecule is Cc1ccc(C(C)C)c(OC2CC(N)C23CCCCC3)c1. The predicted molar refractivity (Wildman–Crippen MR) is 87.8 cm³/mol. The van der Waals surface area contributed by atoms with Crippen molar-refractivity contribution >= 4 is 0 Å². The number of hydrogen-bond donors (Lipinski definition) is 1. The molecule has 2 N–H and O–H groups in total. The fraction of sp³-hybridized carbons (Fsp3) is 0.684. The quantitative estimate of drug-likeness (QED) is 0.885. The maximum Gasteiger partial charge on any atom is 0.123 e. The number of aryl methyl sites for hydroxylation is 1. The highest BCUT2D eigenvalue weighted by atomic mass is 16.5. The Bertz CT molecular complexity index is 502. The monoisotopic (exact) mass is 287 g/mol. The van der Waals surface area contributed by atoms with Crippen LogP contribution in [0.15, 0.2) is 18.2 Å². The summed E-state index contributed by atoms with van der Waals surface area (Å²) in [5, 5.41) is 0. The Labute approximate surface area is 129 Å². The zero-order chi connectivity index (χ0) is 15.0. The molecule has 2 heteroatoms. The minimum Gasteiger partial charge on any atom is -0.489 e. The molecule has 0 heterocycles. The lowest BCUT2D eigenvalue weighted by atomic mass is 9.55. The first-order valence-corrected chi connectivity index (χ1v) is 8.56. The molecule has 2 aliphatic carbocycles. The van der Waals surface area contributed by atoms with Crippen LogP contribution in [0.5, 0.6) is 5.75 Å². The fourth-order valence-corrected chi connectivity index (χ4v) is 4.22. The van der Waals surface area contributed by atoms with Crippen molar-refractivity contribution in [2.24, 2.45) is 11.1 Å². The smallest absolute Gasteiger partial charge is 0.123 e. The molecule has 2 unspecified atom stereocenters. The minimum absolute atomic E-state index is 0.260. The van der Waals surface area contributed by atoms with E-state index >= 15 is 0 Å². The summed E-state index contributed by atoms with van der Waals surface area (Å²) >= 11 is 0. The Kier molecular flexibility index (Phi) is 4.00. The van der Waals surface area contributed by atoms with E-state index in [2.05, 4.69) is 39.0 Å². The zero-order valence-corrected chi connectivity index (χ0v) is 13.7. The third kappa shape index (κ3) is 2.59. The lowest BCUT2D eigenvalue weighted by Gasteiger charge is -2.56. The molecule has 2 fully saturated rings. The number of benzene rings is 1. The van der Waals surface area contributed by atoms with Crippen LogP contribution < -0.4 is 10.5 Å². The number of hydrogen-bond acceptors (Lipinski definition) is 2. The van der Waals surface area contributed by atoms with Crippen LogP contribution in [0.3, 0.4) is 0 Å². The van der Waals surface area contributed by atoms with Crippen LogP contribution in [0.4, 0.5) is 0 Å². The Morgan fingerprint density at radius 1 is 1.19 bits per heavy atom. The van der Waals surface area contributed by atoms with Gasteiger partial charge in [0.15, 0.2) is 0 Å². The van der Waals surface area contributed by atoms with Crippen molar-refractivity contribution in [3.8, 4) is 5.75 Å². The molecular formula is C19H29NO. The molecule has 0 radical (unpaired) electrons. The first-order valence-electron chi connectivity index (χ1n) is 8.56. The van der Waals surface area contributed by atoms with E-state index in [0.717, 1.165) is 12.2 Å². The fourth-order valence-electron chi connectivity index (χ4n) is 4.22. The van der Waals surface area contributed by atoms with Gasteiger partial charge in [-0.1, -0.05) is 45.2 Å². The Hall–Kier alpha value is -1.02. The van der Waals surface area contributed by atoms with E-state index in [-0.39, 0.29) is 5.41 Å². The van der Waals surface area contributed by atoms with Gasteiger partial charge >= 0.3 is 0 Å². The van der Waals surface area contributed by atoms with Crippen LogP contribution >= 0.6 is 0 Å². The molecular weight excluding hydrogens is 258 g/mol. The first-order chi connectivity index (χ1) is 10.0. The molecule has 1 aromatic carbocycles. The van der Waals surface area contributed by atoms with Gasteiger partial charge in [-0.15, -0.1) is 0 Å². The second-order valence-electron chi connectivity index (χ2n) is 7.44. The zero-order valence-electron chi connectivity index (χ0n) is 13.7. The van der Waals surface area contributed by atoms with Crippen LogP contribution in [-0.4, -0.2) is 12.1 Å². The summed E-state index contributed by atoms with van der Waals surface area (Å²) < 4.78 is 6.51. The van der Waals surface area contributed by atoms with Crippen LogP contribution in [0.2, 0.25) is 0 Å². The maximum absolute atomic E-state index is 6.51. The molecule has 1 aromatic rings. The van der Waals surface area contributed by atoms with Crippen molar-refractivity contribution in [3.05, 3.63) is 29.3 Å². The lowest BCUT2D eigenvalue weighted by molar-refractivity contribution is -0.0902. The Morgan fingerprint density at radius 2 is 1.90 bits per heavy atom. The van der Waals surface area contributed by atoms with Crippen molar-refractivity contribution in [3.63, 3.8) is 0 Å². The predicted octanol–water partition coefficient (Wildman–Crippen LogP) is 4.55. The maximum atomic E-state index is 6.51. The molecule has 2 atom stereocenters. The molecule has 0 amide bonds. The largest absolute Gasteiger partial charge is 0.489 e. The van der Waals surface area contributed by atoms with Gasteiger partial charge in [-0.2, -0.15) is 0 Å². The van der Waals surface area contributed by atoms with Crippen molar-refractivity contribution in [1.29, 1.82) is 0 Å². The molecule has 0 saturated heterocycles. The third-order valence-corrected chi connectivity index (χ3v) is 5.69. The van der Waals surface area contributed by atoms with Crippen molar-refractivity contribution in [1.82, 2.24) is 0 Å². The molecule has 3 rings (SSSR count). The van der Waals surface area contributed by atoms with Gasteiger partial charge in [-0.3, -0.25) is 0 Å². The van der Waals surface area contributed by atoms with E-state index in [4.69, 9.17) is 10.5 Å². The highest BCUT2D eigenvalue weighted by Gasteiger charge is 2.55. The van der Waals surface area contributed by atoms with E-state index in [9.17, 15) is 0 Å². The van der Waals surface area contributed by atoms with Crippen LogP contribution in [0, 0.1) is 12.3 Å². The van der Waals surface area contributed by atoms with Gasteiger partial charge in [-0.25, -0.2) is 0 Å². The molecule has 116 valence electrons. The summed E-state index contributed by atoms with van der Waals surface area (Å²) in [6.45, 7) is 6.61. The number of rotatable bonds is 3. The highest BCUT2D eigenvalue weighted by Crippen LogP contribution is 2.52. The number of ether oxygens (including phenoxy) is 1. The molecule has 2 nitrogen and oxygen atoms in total. The molecule has 1 spiro atoms. The van der Waals surface area contributed by atoms with Crippen LogP contribution in [-0.2, 0) is 0 Å². The van der Waals surface area contributed by atoms with Crippen molar-refractivity contribution in [2.45, 2.75) is 77.4 Å². The van der Waals surface area contributed by atoms with E-state index in [0.29, 0.717) is 18.1 Å². The second-order valence-corrected chi connectivity index (χ2v) is 7.44. The summed E-state index contributed by atoms with van der Waals surface area (Å²) in [5.41, 5.74) is 9.24.